The molecule has 1 aromatic heterocycles. The summed E-state index contributed by atoms with van der Waals surface area (Å²) in [4.78, 5) is 26.4. The molecule has 0 radical (unpaired) electrons. The van der Waals surface area contributed by atoms with Gasteiger partial charge in [0.2, 0.25) is 0 Å². The van der Waals surface area contributed by atoms with E-state index in [1.54, 1.807) is 0 Å². The van der Waals surface area contributed by atoms with E-state index in [4.69, 9.17) is 9.84 Å². The molecule has 0 saturated carbocycles. The number of carboxylic acid groups (broad SMARTS) is 1. The van der Waals surface area contributed by atoms with Crippen molar-refractivity contribution in [1.82, 2.24) is 4.98 Å². The van der Waals surface area contributed by atoms with Gasteiger partial charge in [-0.15, -0.1) is 0 Å². The number of aromatic carboxylic acids is 1. The van der Waals surface area contributed by atoms with E-state index in [1.807, 2.05) is 0 Å². The maximum Gasteiger partial charge on any atom is 0.339 e. The first kappa shape index (κ1) is 14.4. The summed E-state index contributed by atoms with van der Waals surface area (Å²) in [5.74, 6) is -2.15. The molecule has 2 rings (SSSR count). The number of carbonyl (C=O) groups excluding carboxylic acids is 1. The van der Waals surface area contributed by atoms with Crippen LogP contribution in [0.3, 0.4) is 0 Å². The minimum absolute atomic E-state index is 0.0714. The van der Waals surface area contributed by atoms with Gasteiger partial charge in [-0.2, -0.15) is 0 Å². The number of amides is 1. The van der Waals surface area contributed by atoms with E-state index in [0.29, 0.717) is 0 Å². The van der Waals surface area contributed by atoms with Gasteiger partial charge < -0.3 is 15.2 Å². The second-order valence-electron chi connectivity index (χ2n) is 4.00. The van der Waals surface area contributed by atoms with Gasteiger partial charge in [0.15, 0.2) is 6.61 Å². The second kappa shape index (κ2) is 6.47. The van der Waals surface area contributed by atoms with Crippen molar-refractivity contribution in [3.05, 3.63) is 54.0 Å². The number of hydrogen-bond acceptors (Lipinski definition) is 4. The van der Waals surface area contributed by atoms with Gasteiger partial charge in [-0.25, -0.2) is 14.2 Å². The molecule has 0 spiro atoms. The fourth-order valence-electron chi connectivity index (χ4n) is 1.55. The van der Waals surface area contributed by atoms with Gasteiger partial charge in [0, 0.05) is 12.3 Å². The summed E-state index contributed by atoms with van der Waals surface area (Å²) in [6, 6.07) is 8.10. The highest BCUT2D eigenvalue weighted by molar-refractivity contribution is 5.99. The molecule has 0 bridgehead atoms. The number of pyridine rings is 1. The molecule has 1 amide bonds. The number of hydrogen-bond donors (Lipinski definition) is 2. The van der Waals surface area contributed by atoms with Crippen LogP contribution in [0.1, 0.15) is 10.4 Å². The molecule has 0 atom stereocenters. The van der Waals surface area contributed by atoms with Crippen molar-refractivity contribution in [3.8, 4) is 5.75 Å². The Kier molecular flexibility index (Phi) is 4.45. The summed E-state index contributed by atoms with van der Waals surface area (Å²) >= 11 is 0. The summed E-state index contributed by atoms with van der Waals surface area (Å²) < 4.78 is 18.0. The molecule has 6 nitrogen and oxygen atoms in total. The minimum atomic E-state index is -1.20. The van der Waals surface area contributed by atoms with Crippen molar-refractivity contribution in [1.29, 1.82) is 0 Å². The molecule has 7 heteroatoms. The summed E-state index contributed by atoms with van der Waals surface area (Å²) in [6.45, 7) is -0.390. The highest BCUT2D eigenvalue weighted by Crippen LogP contribution is 2.13. The van der Waals surface area contributed by atoms with E-state index >= 15 is 0 Å². The molecule has 2 N–H and O–H groups in total. The van der Waals surface area contributed by atoms with E-state index in [0.717, 1.165) is 6.07 Å². The summed E-state index contributed by atoms with van der Waals surface area (Å²) in [6.07, 6.45) is 1.36. The first-order chi connectivity index (χ1) is 10.1. The van der Waals surface area contributed by atoms with Crippen molar-refractivity contribution in [3.63, 3.8) is 0 Å². The standard InChI is InChI=1S/C14H11FN2O4/c15-9-3-1-4-10(7-9)21-8-12(18)17-13-11(14(19)20)5-2-6-16-13/h1-7H,8H2,(H,19,20)(H,16,17,18). The van der Waals surface area contributed by atoms with Crippen molar-refractivity contribution >= 4 is 17.7 Å². The largest absolute Gasteiger partial charge is 0.484 e. The Balaban J connectivity index is 1.98. The fraction of sp³-hybridized carbons (Fsp3) is 0.0714. The zero-order chi connectivity index (χ0) is 15.2. The van der Waals surface area contributed by atoms with E-state index in [2.05, 4.69) is 10.3 Å². The van der Waals surface area contributed by atoms with Crippen LogP contribution in [0.25, 0.3) is 0 Å². The Morgan fingerprint density at radius 1 is 1.29 bits per heavy atom. The molecule has 0 saturated heterocycles. The quantitative estimate of drug-likeness (QED) is 0.878. The number of nitrogens with one attached hydrogen (secondary N) is 1. The number of nitrogens with zero attached hydrogens (tertiary/aromatic N) is 1. The van der Waals surface area contributed by atoms with E-state index in [-0.39, 0.29) is 23.7 Å². The molecular weight excluding hydrogens is 279 g/mol. The molecule has 1 heterocycles. The Labute approximate surface area is 119 Å². The maximum absolute atomic E-state index is 12.9. The third-order valence-corrected chi connectivity index (χ3v) is 2.46. The zero-order valence-corrected chi connectivity index (χ0v) is 10.7. The lowest BCUT2D eigenvalue weighted by molar-refractivity contribution is -0.118. The molecule has 0 unspecified atom stereocenters. The van der Waals surface area contributed by atoms with Gasteiger partial charge in [-0.1, -0.05) is 6.07 Å². The average Bonchev–Trinajstić information content (AvgIpc) is 2.45. The Bertz CT molecular complexity index is 676. The number of aromatic nitrogens is 1. The van der Waals surface area contributed by atoms with Crippen LogP contribution in [-0.2, 0) is 4.79 Å². The van der Waals surface area contributed by atoms with Crippen LogP contribution in [0.4, 0.5) is 10.2 Å². The first-order valence-electron chi connectivity index (χ1n) is 5.93. The number of halogens is 1. The summed E-state index contributed by atoms with van der Waals surface area (Å²) in [7, 11) is 0. The highest BCUT2D eigenvalue weighted by Gasteiger charge is 2.13. The highest BCUT2D eigenvalue weighted by atomic mass is 19.1. The van der Waals surface area contributed by atoms with Gasteiger partial charge in [0.05, 0.1) is 0 Å². The second-order valence-corrected chi connectivity index (χ2v) is 4.00. The van der Waals surface area contributed by atoms with Crippen LogP contribution in [0.2, 0.25) is 0 Å². The average molecular weight is 290 g/mol. The van der Waals surface area contributed by atoms with Gasteiger partial charge in [-0.3, -0.25) is 4.79 Å². The number of carboxylic acids is 1. The molecule has 0 aliphatic heterocycles. The smallest absolute Gasteiger partial charge is 0.339 e. The van der Waals surface area contributed by atoms with Crippen molar-refractivity contribution in [2.75, 3.05) is 11.9 Å². The third kappa shape index (κ3) is 4.00. The SMILES string of the molecule is O=C(COc1cccc(F)c1)Nc1ncccc1C(=O)O. The zero-order valence-electron chi connectivity index (χ0n) is 10.7. The van der Waals surface area contributed by atoms with Gasteiger partial charge in [0.1, 0.15) is 22.9 Å². The molecule has 2 aromatic rings. The van der Waals surface area contributed by atoms with Gasteiger partial charge in [0.25, 0.3) is 5.91 Å². The third-order valence-electron chi connectivity index (χ3n) is 2.46. The van der Waals surface area contributed by atoms with E-state index < -0.39 is 17.7 Å². The van der Waals surface area contributed by atoms with Crippen LogP contribution >= 0.6 is 0 Å². The van der Waals surface area contributed by atoms with E-state index in [9.17, 15) is 14.0 Å². The number of rotatable bonds is 5. The number of anilines is 1. The molecule has 108 valence electrons. The molecule has 0 aliphatic carbocycles. The van der Waals surface area contributed by atoms with Crippen LogP contribution < -0.4 is 10.1 Å². The predicted octanol–water partition coefficient (Wildman–Crippen LogP) is 1.94. The Hall–Kier alpha value is -2.96. The van der Waals surface area contributed by atoms with Crippen LogP contribution in [0.15, 0.2) is 42.6 Å². The maximum atomic E-state index is 12.9. The molecule has 0 fully saturated rings. The van der Waals surface area contributed by atoms with Gasteiger partial charge >= 0.3 is 5.97 Å². The first-order valence-corrected chi connectivity index (χ1v) is 5.93. The molecule has 21 heavy (non-hydrogen) atoms. The summed E-state index contributed by atoms with van der Waals surface area (Å²) in [5.41, 5.74) is -0.128. The Morgan fingerprint density at radius 2 is 2.10 bits per heavy atom. The van der Waals surface area contributed by atoms with Crippen LogP contribution in [0.5, 0.6) is 5.75 Å². The molecule has 1 aromatic carbocycles. The topological polar surface area (TPSA) is 88.5 Å². The van der Waals surface area contributed by atoms with Crippen molar-refractivity contribution in [2.24, 2.45) is 0 Å². The normalized spacial score (nSPS) is 9.95. The lowest BCUT2D eigenvalue weighted by Gasteiger charge is -2.08. The fourth-order valence-corrected chi connectivity index (χ4v) is 1.55. The minimum Gasteiger partial charge on any atom is -0.484 e. The lowest BCUT2D eigenvalue weighted by Crippen LogP contribution is -2.22. The number of carbonyl (C=O) groups is 2. The molecule has 0 aliphatic rings. The van der Waals surface area contributed by atoms with Gasteiger partial charge in [-0.05, 0) is 24.3 Å². The Morgan fingerprint density at radius 3 is 2.81 bits per heavy atom. The number of benzene rings is 1. The van der Waals surface area contributed by atoms with Crippen LogP contribution in [-0.4, -0.2) is 28.6 Å². The van der Waals surface area contributed by atoms with Crippen molar-refractivity contribution in [2.45, 2.75) is 0 Å². The van der Waals surface area contributed by atoms with Crippen molar-refractivity contribution < 1.29 is 23.8 Å². The molecular formula is C14H11FN2O4. The lowest BCUT2D eigenvalue weighted by atomic mass is 10.2. The van der Waals surface area contributed by atoms with E-state index in [1.165, 1.54) is 36.5 Å². The predicted molar refractivity (Wildman–Crippen MR) is 71.7 cm³/mol. The number of ether oxygens (including phenoxy) is 1. The monoisotopic (exact) mass is 290 g/mol. The summed E-state index contributed by atoms with van der Waals surface area (Å²) in [5, 5.41) is 11.3. The van der Waals surface area contributed by atoms with Crippen LogP contribution in [0, 0.1) is 5.82 Å².